The van der Waals surface area contributed by atoms with E-state index in [0.717, 1.165) is 0 Å². The quantitative estimate of drug-likeness (QED) is 0.0375. The second-order valence-electron chi connectivity index (χ2n) is 15.4. The normalized spacial score (nSPS) is 15.4. The number of carbonyl (C=O) groups excluding carboxylic acids is 3. The molecule has 0 spiro atoms. The van der Waals surface area contributed by atoms with Gasteiger partial charge in [0.15, 0.2) is 0 Å². The van der Waals surface area contributed by atoms with Gasteiger partial charge in [-0.25, -0.2) is 9.59 Å². The number of hydrogen-bond donors (Lipinski definition) is 7. The van der Waals surface area contributed by atoms with Gasteiger partial charge in [-0.3, -0.25) is 34.3 Å². The van der Waals surface area contributed by atoms with Gasteiger partial charge >= 0.3 is 11.9 Å². The fourth-order valence-corrected chi connectivity index (χ4v) is 5.96. The molecule has 0 bridgehead atoms. The monoisotopic (exact) mass is 792 g/mol. The van der Waals surface area contributed by atoms with Crippen molar-refractivity contribution in [3.8, 4) is 6.19 Å². The number of piperazine rings is 1. The highest BCUT2D eigenvalue weighted by molar-refractivity contribution is 6.04. The first kappa shape index (κ1) is 45.3. The molecule has 3 atom stereocenters. The number of hydrogen-bond acceptors (Lipinski definition) is 11. The number of aliphatic carboxylic acids is 2. The molecule has 1 saturated heterocycles. The van der Waals surface area contributed by atoms with E-state index >= 15 is 0 Å². The van der Waals surface area contributed by atoms with Crippen molar-refractivity contribution >= 4 is 52.7 Å². The van der Waals surface area contributed by atoms with Crippen molar-refractivity contribution in [2.75, 3.05) is 49.9 Å². The van der Waals surface area contributed by atoms with E-state index in [1.165, 1.54) is 24.3 Å². The number of carboxylic acid groups (broad SMARTS) is 2. The summed E-state index contributed by atoms with van der Waals surface area (Å²) in [6.07, 6.45) is 2.03. The van der Waals surface area contributed by atoms with Crippen molar-refractivity contribution in [3.05, 3.63) is 64.2 Å². The van der Waals surface area contributed by atoms with Gasteiger partial charge < -0.3 is 36.8 Å². The summed E-state index contributed by atoms with van der Waals surface area (Å²) >= 11 is 0. The zero-order chi connectivity index (χ0) is 42.3. The van der Waals surface area contributed by atoms with Gasteiger partial charge in [0.05, 0.1) is 11.3 Å². The van der Waals surface area contributed by atoms with E-state index in [0.29, 0.717) is 43.1 Å². The maximum absolute atomic E-state index is 13.4. The van der Waals surface area contributed by atoms with Crippen LogP contribution in [0.3, 0.4) is 0 Å². The van der Waals surface area contributed by atoms with Crippen LogP contribution in [0.5, 0.6) is 0 Å². The topological polar surface area (TPSA) is 272 Å². The van der Waals surface area contributed by atoms with Gasteiger partial charge in [-0.15, -0.1) is 4.99 Å². The number of amides is 3. The molecular weight excluding hydrogens is 740 g/mol. The summed E-state index contributed by atoms with van der Waals surface area (Å²) in [4.78, 5) is 80.9. The molecule has 308 valence electrons. The van der Waals surface area contributed by atoms with Crippen LogP contribution in [0.15, 0.2) is 53.5 Å². The molecule has 2 aromatic rings. The molecule has 0 saturated carbocycles. The van der Waals surface area contributed by atoms with Crippen LogP contribution in [-0.4, -0.2) is 118 Å². The molecule has 7 N–H and O–H groups in total. The molecule has 3 rings (SSSR count). The fourth-order valence-electron chi connectivity index (χ4n) is 5.96. The van der Waals surface area contributed by atoms with Crippen LogP contribution in [-0.2, 0) is 30.4 Å². The summed E-state index contributed by atoms with van der Waals surface area (Å²) in [6, 6.07) is 8.80. The first-order valence-corrected chi connectivity index (χ1v) is 18.5. The van der Waals surface area contributed by atoms with Gasteiger partial charge in [0.25, 0.3) is 5.69 Å². The first-order valence-electron chi connectivity index (χ1n) is 18.5. The van der Waals surface area contributed by atoms with Crippen LogP contribution in [0, 0.1) is 32.9 Å². The number of nitro benzene ring substituents is 1. The molecule has 0 aliphatic carbocycles. The minimum Gasteiger partial charge on any atom is -0.480 e. The standard InChI is InChI=1S/C38H52N10O9/c1-24(2)18-29(43-32(49)19-25-6-8-26(9-7-25)41-37(40-23-39)42-27-10-12-28(13-11-27)48(56)57)34(51)45-31(36(54)55)22-47-16-14-46(15-17-47)21-30(35(52)53)44-33(50)20-38(3,4)5/h6-13,24,29-31H,14-22H2,1-5H3,(H,43,49)(H,44,50)(H,45,51)(H,52,53)(H,54,55)(H2,40,41,42). The molecule has 19 heteroatoms. The first-order chi connectivity index (χ1) is 26.8. The number of nitrogens with zero attached hydrogens (tertiary/aromatic N) is 5. The average molecular weight is 793 g/mol. The van der Waals surface area contributed by atoms with Crippen molar-refractivity contribution in [2.45, 2.75) is 72.0 Å². The number of anilines is 2. The summed E-state index contributed by atoms with van der Waals surface area (Å²) in [7, 11) is 0. The van der Waals surface area contributed by atoms with Crippen molar-refractivity contribution in [3.63, 3.8) is 0 Å². The highest BCUT2D eigenvalue weighted by Crippen LogP contribution is 2.19. The lowest BCUT2D eigenvalue weighted by Gasteiger charge is -2.37. The van der Waals surface area contributed by atoms with Crippen LogP contribution in [0.25, 0.3) is 0 Å². The van der Waals surface area contributed by atoms with Gasteiger partial charge in [-0.2, -0.15) is 5.26 Å². The van der Waals surface area contributed by atoms with Crippen LogP contribution >= 0.6 is 0 Å². The molecular formula is C38H52N10O9. The summed E-state index contributed by atoms with van der Waals surface area (Å²) in [6.45, 7) is 11.2. The highest BCUT2D eigenvalue weighted by Gasteiger charge is 2.31. The van der Waals surface area contributed by atoms with Crippen LogP contribution in [0.2, 0.25) is 0 Å². The van der Waals surface area contributed by atoms with E-state index in [4.69, 9.17) is 5.26 Å². The largest absolute Gasteiger partial charge is 0.480 e. The number of benzene rings is 2. The molecule has 0 aromatic heterocycles. The van der Waals surface area contributed by atoms with E-state index in [2.05, 4.69) is 31.6 Å². The number of nitrogens with one attached hydrogen (secondary N) is 5. The lowest BCUT2D eigenvalue weighted by atomic mass is 9.92. The van der Waals surface area contributed by atoms with Crippen molar-refractivity contribution in [1.82, 2.24) is 25.8 Å². The minimum absolute atomic E-state index is 0.00743. The average Bonchev–Trinajstić information content (AvgIpc) is 3.11. The summed E-state index contributed by atoms with van der Waals surface area (Å²) in [5.74, 6) is -3.78. The third kappa shape index (κ3) is 16.2. The molecule has 3 amide bonds. The molecule has 1 aliphatic heterocycles. The second-order valence-corrected chi connectivity index (χ2v) is 15.4. The molecule has 3 unspecified atom stereocenters. The van der Waals surface area contributed by atoms with Gasteiger partial charge in [-0.05, 0) is 47.6 Å². The summed E-state index contributed by atoms with van der Waals surface area (Å²) in [5, 5.41) is 53.5. The van der Waals surface area contributed by atoms with Gasteiger partial charge in [0, 0.05) is 69.2 Å². The zero-order valence-corrected chi connectivity index (χ0v) is 32.8. The number of nitriles is 1. The molecule has 1 fully saturated rings. The maximum atomic E-state index is 13.4. The lowest BCUT2D eigenvalue weighted by molar-refractivity contribution is -0.384. The number of carboxylic acids is 2. The molecule has 2 aromatic carbocycles. The Hall–Kier alpha value is -6.13. The van der Waals surface area contributed by atoms with Crippen molar-refractivity contribution in [1.29, 1.82) is 5.26 Å². The van der Waals surface area contributed by atoms with Crippen LogP contribution in [0.1, 0.15) is 53.0 Å². The van der Waals surface area contributed by atoms with Gasteiger partial charge in [0.2, 0.25) is 29.9 Å². The van der Waals surface area contributed by atoms with Crippen LogP contribution < -0.4 is 26.6 Å². The molecule has 0 radical (unpaired) electrons. The minimum atomic E-state index is -1.27. The Balaban J connectivity index is 1.54. The predicted molar refractivity (Wildman–Crippen MR) is 211 cm³/mol. The molecule has 57 heavy (non-hydrogen) atoms. The van der Waals surface area contributed by atoms with Crippen molar-refractivity contribution < 1.29 is 39.1 Å². The van der Waals surface area contributed by atoms with E-state index < -0.39 is 46.8 Å². The van der Waals surface area contributed by atoms with E-state index in [1.54, 1.807) is 30.5 Å². The zero-order valence-electron chi connectivity index (χ0n) is 32.8. The number of nitro groups is 1. The number of aliphatic imine (C=N–C) groups is 1. The van der Waals surface area contributed by atoms with E-state index in [1.807, 2.05) is 44.4 Å². The third-order valence-electron chi connectivity index (χ3n) is 8.73. The highest BCUT2D eigenvalue weighted by atomic mass is 16.6. The lowest BCUT2D eigenvalue weighted by Crippen LogP contribution is -2.58. The Morgan fingerprint density at radius 1 is 0.807 bits per heavy atom. The Kier molecular flexibility index (Phi) is 16.9. The summed E-state index contributed by atoms with van der Waals surface area (Å²) < 4.78 is 0. The number of guanidine groups is 1. The predicted octanol–water partition coefficient (Wildman–Crippen LogP) is 2.22. The Labute approximate surface area is 331 Å². The van der Waals surface area contributed by atoms with Gasteiger partial charge in [0.1, 0.15) is 18.1 Å². The Morgan fingerprint density at radius 2 is 1.28 bits per heavy atom. The number of rotatable bonds is 18. The van der Waals surface area contributed by atoms with E-state index in [9.17, 15) is 44.3 Å². The fraction of sp³-hybridized carbons (Fsp3) is 0.500. The molecule has 19 nitrogen and oxygen atoms in total. The smallest absolute Gasteiger partial charge is 0.327 e. The van der Waals surface area contributed by atoms with Gasteiger partial charge in [-0.1, -0.05) is 46.8 Å². The number of non-ortho nitro benzene ring substituents is 1. The third-order valence-corrected chi connectivity index (χ3v) is 8.73. The second kappa shape index (κ2) is 21.2. The van der Waals surface area contributed by atoms with E-state index in [-0.39, 0.29) is 61.2 Å². The molecule has 1 heterocycles. The SMILES string of the molecule is CC(C)CC(NC(=O)Cc1ccc(NC(=NC#N)Nc2ccc([N+](=O)[O-])cc2)cc1)C(=O)NC(CN1CCN(CC(NC(=O)CC(C)(C)C)C(=O)O)CC1)C(=O)O. The van der Waals surface area contributed by atoms with Crippen molar-refractivity contribution in [2.24, 2.45) is 16.3 Å². The Bertz CT molecular complexity index is 1800. The molecule has 1 aliphatic rings. The Morgan fingerprint density at radius 3 is 1.72 bits per heavy atom. The maximum Gasteiger partial charge on any atom is 0.327 e. The van der Waals surface area contributed by atoms with Crippen LogP contribution in [0.4, 0.5) is 17.1 Å². The number of carbonyl (C=O) groups is 5. The summed E-state index contributed by atoms with van der Waals surface area (Å²) in [5.41, 5.74) is 1.18.